The van der Waals surface area contributed by atoms with Crippen LogP contribution in [0.5, 0.6) is 11.5 Å². The number of nitrogens with zero attached hydrogens (tertiary/aromatic N) is 1. The molecule has 0 aliphatic heterocycles. The smallest absolute Gasteiger partial charge is 0.261 e. The van der Waals surface area contributed by atoms with Gasteiger partial charge in [-0.2, -0.15) is 5.26 Å². The van der Waals surface area contributed by atoms with E-state index < -0.39 is 5.91 Å². The van der Waals surface area contributed by atoms with Crippen molar-refractivity contribution in [3.63, 3.8) is 0 Å². The second kappa shape index (κ2) is 9.30. The zero-order valence-electron chi connectivity index (χ0n) is 15.8. The van der Waals surface area contributed by atoms with Crippen LogP contribution in [0.2, 0.25) is 0 Å². The molecule has 0 atom stereocenters. The third-order valence-electron chi connectivity index (χ3n) is 4.38. The van der Waals surface area contributed by atoms with Gasteiger partial charge in [-0.3, -0.25) is 4.79 Å². The van der Waals surface area contributed by atoms with Crippen LogP contribution in [0.1, 0.15) is 18.1 Å². The van der Waals surface area contributed by atoms with E-state index in [1.165, 1.54) is 6.08 Å². The van der Waals surface area contributed by atoms with Crippen LogP contribution < -0.4 is 10.1 Å². The lowest BCUT2D eigenvalue weighted by Gasteiger charge is -2.09. The van der Waals surface area contributed by atoms with E-state index >= 15 is 0 Å². The maximum absolute atomic E-state index is 12.4. The van der Waals surface area contributed by atoms with Gasteiger partial charge in [0.15, 0.2) is 11.5 Å². The monoisotopic (exact) mass is 453 g/mol. The average Bonchev–Trinajstić information content (AvgIpc) is 3.13. The number of nitriles is 1. The Morgan fingerprint density at radius 2 is 2.17 bits per heavy atom. The minimum Gasteiger partial charge on any atom is -0.503 e. The quantitative estimate of drug-likeness (QED) is 0.366. The topological polar surface area (TPSA) is 98.1 Å². The standard InChI is InChI=1S/C22H20BrN3O3/c1-2-29-20-11-14(10-18(23)21(20)27)9-16(12-24)22(28)25-8-7-15-13-26-19-6-4-3-5-17(15)19/h3-6,9-11,13,26-27H,2,7-8H2,1H3,(H,25,28)/b16-9-. The third-order valence-corrected chi connectivity index (χ3v) is 4.99. The van der Waals surface area contributed by atoms with E-state index in [9.17, 15) is 15.2 Å². The molecule has 0 bridgehead atoms. The van der Waals surface area contributed by atoms with Crippen molar-refractivity contribution in [3.05, 3.63) is 63.8 Å². The summed E-state index contributed by atoms with van der Waals surface area (Å²) in [4.78, 5) is 15.6. The summed E-state index contributed by atoms with van der Waals surface area (Å²) < 4.78 is 5.80. The molecule has 0 aliphatic rings. The normalized spacial score (nSPS) is 11.3. The maximum atomic E-state index is 12.4. The number of para-hydroxylation sites is 1. The second-order valence-electron chi connectivity index (χ2n) is 6.32. The molecule has 3 rings (SSSR count). The van der Waals surface area contributed by atoms with Crippen molar-refractivity contribution >= 4 is 38.8 Å². The van der Waals surface area contributed by atoms with Crippen LogP contribution in [-0.2, 0) is 11.2 Å². The summed E-state index contributed by atoms with van der Waals surface area (Å²) in [7, 11) is 0. The zero-order chi connectivity index (χ0) is 20.8. The number of fused-ring (bicyclic) bond motifs is 1. The number of ether oxygens (including phenoxy) is 1. The Bertz CT molecular complexity index is 1110. The van der Waals surface area contributed by atoms with Gasteiger partial charge in [-0.25, -0.2) is 0 Å². The van der Waals surface area contributed by atoms with Crippen molar-refractivity contribution in [2.75, 3.05) is 13.2 Å². The lowest BCUT2D eigenvalue weighted by molar-refractivity contribution is -0.117. The summed E-state index contributed by atoms with van der Waals surface area (Å²) in [5, 5.41) is 23.3. The highest BCUT2D eigenvalue weighted by molar-refractivity contribution is 9.10. The summed E-state index contributed by atoms with van der Waals surface area (Å²) in [5.41, 5.74) is 2.70. The number of H-pyrrole nitrogens is 1. The van der Waals surface area contributed by atoms with E-state index in [4.69, 9.17) is 4.74 Å². The molecule has 3 N–H and O–H groups in total. The molecule has 0 saturated carbocycles. The largest absolute Gasteiger partial charge is 0.503 e. The van der Waals surface area contributed by atoms with Gasteiger partial charge in [-0.1, -0.05) is 18.2 Å². The first-order chi connectivity index (χ1) is 14.0. The van der Waals surface area contributed by atoms with E-state index in [2.05, 4.69) is 26.2 Å². The van der Waals surface area contributed by atoms with E-state index in [-0.39, 0.29) is 17.1 Å². The number of phenolic OH excluding ortho intramolecular Hbond substituents is 1. The van der Waals surface area contributed by atoms with Crippen LogP contribution in [0.15, 0.2) is 52.6 Å². The van der Waals surface area contributed by atoms with Crippen LogP contribution >= 0.6 is 15.9 Å². The molecule has 1 heterocycles. The van der Waals surface area contributed by atoms with Gasteiger partial charge in [0.05, 0.1) is 11.1 Å². The minimum atomic E-state index is -0.450. The number of rotatable bonds is 7. The number of aromatic amines is 1. The Hall–Kier alpha value is -3.24. The van der Waals surface area contributed by atoms with E-state index in [1.807, 2.05) is 36.5 Å². The van der Waals surface area contributed by atoms with Crippen molar-refractivity contribution in [2.24, 2.45) is 0 Å². The maximum Gasteiger partial charge on any atom is 0.261 e. The molecular formula is C22H20BrN3O3. The minimum absolute atomic E-state index is 0.0225. The summed E-state index contributed by atoms with van der Waals surface area (Å²) in [5.74, 6) is -0.189. The molecule has 2 aromatic carbocycles. The van der Waals surface area contributed by atoms with Gasteiger partial charge >= 0.3 is 0 Å². The summed E-state index contributed by atoms with van der Waals surface area (Å²) in [6.45, 7) is 2.59. The molecule has 0 fully saturated rings. The number of halogens is 1. The van der Waals surface area contributed by atoms with Crippen molar-refractivity contribution in [1.29, 1.82) is 5.26 Å². The van der Waals surface area contributed by atoms with Crippen LogP contribution in [0.25, 0.3) is 17.0 Å². The molecule has 1 aromatic heterocycles. The number of phenols is 1. The summed E-state index contributed by atoms with van der Waals surface area (Å²) in [6.07, 6.45) is 4.04. The molecule has 0 unspecified atom stereocenters. The van der Waals surface area contributed by atoms with E-state index in [1.54, 1.807) is 19.1 Å². The molecule has 0 radical (unpaired) electrons. The van der Waals surface area contributed by atoms with Crippen molar-refractivity contribution in [2.45, 2.75) is 13.3 Å². The van der Waals surface area contributed by atoms with Crippen LogP contribution in [-0.4, -0.2) is 29.1 Å². The summed E-state index contributed by atoms with van der Waals surface area (Å²) >= 11 is 3.25. The van der Waals surface area contributed by atoms with Gasteiger partial charge in [0.25, 0.3) is 5.91 Å². The molecule has 0 saturated heterocycles. The highest BCUT2D eigenvalue weighted by Gasteiger charge is 2.12. The molecule has 0 spiro atoms. The molecule has 7 heteroatoms. The average molecular weight is 454 g/mol. The van der Waals surface area contributed by atoms with Gasteiger partial charge in [0.2, 0.25) is 0 Å². The van der Waals surface area contributed by atoms with E-state index in [0.29, 0.717) is 29.6 Å². The number of carbonyl (C=O) groups is 1. The van der Waals surface area contributed by atoms with Crippen LogP contribution in [0, 0.1) is 11.3 Å². The zero-order valence-corrected chi connectivity index (χ0v) is 17.4. The predicted molar refractivity (Wildman–Crippen MR) is 116 cm³/mol. The molecule has 29 heavy (non-hydrogen) atoms. The lowest BCUT2D eigenvalue weighted by atomic mass is 10.1. The number of hydrogen-bond acceptors (Lipinski definition) is 4. The number of carbonyl (C=O) groups excluding carboxylic acids is 1. The number of hydrogen-bond donors (Lipinski definition) is 3. The first-order valence-electron chi connectivity index (χ1n) is 9.13. The molecule has 1 amide bonds. The van der Waals surface area contributed by atoms with Crippen LogP contribution in [0.4, 0.5) is 0 Å². The second-order valence-corrected chi connectivity index (χ2v) is 7.17. The number of benzene rings is 2. The van der Waals surface area contributed by atoms with Gasteiger partial charge in [-0.05, 0) is 64.7 Å². The Balaban J connectivity index is 1.69. The fourth-order valence-electron chi connectivity index (χ4n) is 3.00. The Morgan fingerprint density at radius 1 is 1.38 bits per heavy atom. The number of amides is 1. The highest BCUT2D eigenvalue weighted by Crippen LogP contribution is 2.36. The molecule has 3 aromatic rings. The number of nitrogens with one attached hydrogen (secondary N) is 2. The van der Waals surface area contributed by atoms with Gasteiger partial charge in [-0.15, -0.1) is 0 Å². The van der Waals surface area contributed by atoms with Gasteiger partial charge in [0.1, 0.15) is 11.6 Å². The first kappa shape index (κ1) is 20.5. The number of aromatic hydroxyl groups is 1. The van der Waals surface area contributed by atoms with Crippen molar-refractivity contribution < 1.29 is 14.6 Å². The van der Waals surface area contributed by atoms with Gasteiger partial charge < -0.3 is 20.1 Å². The molecule has 148 valence electrons. The SMILES string of the molecule is CCOc1cc(/C=C(/C#N)C(=O)NCCc2c[nH]c3ccccc23)cc(Br)c1O. The fraction of sp³-hybridized carbons (Fsp3) is 0.182. The van der Waals surface area contributed by atoms with Crippen molar-refractivity contribution in [3.8, 4) is 17.6 Å². The van der Waals surface area contributed by atoms with E-state index in [0.717, 1.165) is 16.5 Å². The third kappa shape index (κ3) is 4.79. The van der Waals surface area contributed by atoms with Crippen molar-refractivity contribution in [1.82, 2.24) is 10.3 Å². The lowest BCUT2D eigenvalue weighted by Crippen LogP contribution is -2.26. The molecule has 6 nitrogen and oxygen atoms in total. The Kier molecular flexibility index (Phi) is 6.57. The molecule has 0 aliphatic carbocycles. The first-order valence-corrected chi connectivity index (χ1v) is 9.93. The Labute approximate surface area is 176 Å². The molecular weight excluding hydrogens is 434 g/mol. The summed E-state index contributed by atoms with van der Waals surface area (Å²) in [6, 6.07) is 13.1. The van der Waals surface area contributed by atoms with Gasteiger partial charge in [0, 0.05) is 23.6 Å². The Morgan fingerprint density at radius 3 is 2.93 bits per heavy atom. The van der Waals surface area contributed by atoms with Crippen LogP contribution in [0.3, 0.4) is 0 Å². The highest BCUT2D eigenvalue weighted by atomic mass is 79.9. The number of aromatic nitrogens is 1. The predicted octanol–water partition coefficient (Wildman–Crippen LogP) is 4.30. The fourth-order valence-corrected chi connectivity index (χ4v) is 3.46.